The minimum Gasteiger partial charge on any atom is -0.335 e. The van der Waals surface area contributed by atoms with Gasteiger partial charge in [-0.2, -0.15) is 26.3 Å². The summed E-state index contributed by atoms with van der Waals surface area (Å²) in [6, 6.07) is 11.1. The van der Waals surface area contributed by atoms with E-state index in [0.717, 1.165) is 12.8 Å². The van der Waals surface area contributed by atoms with Gasteiger partial charge in [-0.1, -0.05) is 54.8 Å². The summed E-state index contributed by atoms with van der Waals surface area (Å²) in [6.07, 6.45) is -5.96. The molecule has 1 aromatic heterocycles. The number of halogens is 7. The van der Waals surface area contributed by atoms with E-state index in [1.165, 1.54) is 18.3 Å². The van der Waals surface area contributed by atoms with Gasteiger partial charge in [-0.25, -0.2) is 4.79 Å². The van der Waals surface area contributed by atoms with Crippen LogP contribution >= 0.6 is 11.6 Å². The Labute approximate surface area is 220 Å². The highest BCUT2D eigenvalue weighted by Crippen LogP contribution is 2.44. The van der Waals surface area contributed by atoms with Crippen molar-refractivity contribution in [3.63, 3.8) is 0 Å². The Morgan fingerprint density at radius 2 is 1.58 bits per heavy atom. The van der Waals surface area contributed by atoms with Gasteiger partial charge in [-0.3, -0.25) is 4.98 Å². The molecule has 4 rings (SSSR count). The molecule has 1 aliphatic carbocycles. The second-order valence-electron chi connectivity index (χ2n) is 9.27. The molecule has 202 valence electrons. The molecule has 0 aliphatic heterocycles. The number of pyridine rings is 1. The Morgan fingerprint density at radius 3 is 2.16 bits per heavy atom. The molecule has 0 unspecified atom stereocenters. The van der Waals surface area contributed by atoms with Gasteiger partial charge in [0.1, 0.15) is 5.54 Å². The Bertz CT molecular complexity index is 1260. The first kappa shape index (κ1) is 27.8. The van der Waals surface area contributed by atoms with Crippen LogP contribution in [0.4, 0.5) is 31.1 Å². The van der Waals surface area contributed by atoms with Crippen molar-refractivity contribution in [1.29, 1.82) is 0 Å². The summed E-state index contributed by atoms with van der Waals surface area (Å²) in [4.78, 5) is 17.5. The molecule has 0 radical (unpaired) electrons. The summed E-state index contributed by atoms with van der Waals surface area (Å²) in [7, 11) is 0. The van der Waals surface area contributed by atoms with E-state index >= 15 is 0 Å². The van der Waals surface area contributed by atoms with E-state index in [-0.39, 0.29) is 23.2 Å². The zero-order valence-electron chi connectivity index (χ0n) is 20.0. The van der Waals surface area contributed by atoms with Gasteiger partial charge in [0.2, 0.25) is 0 Å². The molecule has 1 fully saturated rings. The number of rotatable bonds is 6. The molecule has 11 heteroatoms. The van der Waals surface area contributed by atoms with Crippen LogP contribution in [0.25, 0.3) is 0 Å². The monoisotopic (exact) mass is 555 g/mol. The second kappa shape index (κ2) is 10.8. The number of aromatic nitrogens is 1. The van der Waals surface area contributed by atoms with Crippen molar-refractivity contribution >= 4 is 17.6 Å². The Morgan fingerprint density at radius 1 is 0.895 bits per heavy atom. The van der Waals surface area contributed by atoms with Crippen LogP contribution in [0, 0.1) is 0 Å². The van der Waals surface area contributed by atoms with Gasteiger partial charge in [-0.05, 0) is 54.3 Å². The van der Waals surface area contributed by atoms with E-state index in [0.29, 0.717) is 36.6 Å². The van der Waals surface area contributed by atoms with Crippen LogP contribution in [0.5, 0.6) is 0 Å². The lowest BCUT2D eigenvalue weighted by atomic mass is 9.77. The topological polar surface area (TPSA) is 54.0 Å². The molecular weight excluding hydrogens is 532 g/mol. The zero-order valence-corrected chi connectivity index (χ0v) is 20.7. The summed E-state index contributed by atoms with van der Waals surface area (Å²) in [6.45, 7) is 0. The fourth-order valence-electron chi connectivity index (χ4n) is 4.84. The number of carbonyl (C=O) groups is 1. The summed E-state index contributed by atoms with van der Waals surface area (Å²) in [5.41, 5.74) is -5.15. The molecule has 0 spiro atoms. The maximum absolute atomic E-state index is 14.3. The van der Waals surface area contributed by atoms with Crippen molar-refractivity contribution in [2.45, 2.75) is 56.0 Å². The first-order valence-electron chi connectivity index (χ1n) is 11.9. The third-order valence-electron chi connectivity index (χ3n) is 6.61. The van der Waals surface area contributed by atoms with E-state index in [2.05, 4.69) is 15.6 Å². The smallest absolute Gasteiger partial charge is 0.335 e. The lowest BCUT2D eigenvalue weighted by molar-refractivity contribution is -0.142. The molecule has 1 aliphatic rings. The number of urea groups is 1. The van der Waals surface area contributed by atoms with Crippen molar-refractivity contribution in [3.05, 3.63) is 99.8 Å². The lowest BCUT2D eigenvalue weighted by Crippen LogP contribution is -2.54. The maximum atomic E-state index is 14.3. The van der Waals surface area contributed by atoms with Gasteiger partial charge in [-0.15, -0.1) is 0 Å². The molecule has 4 nitrogen and oxygen atoms in total. The number of nitrogens with zero attached hydrogens (tertiary/aromatic N) is 1. The first-order chi connectivity index (χ1) is 17.9. The number of hydrogen-bond acceptors (Lipinski definition) is 2. The van der Waals surface area contributed by atoms with E-state index < -0.39 is 40.6 Å². The van der Waals surface area contributed by atoms with Crippen LogP contribution in [0.15, 0.2) is 66.9 Å². The van der Waals surface area contributed by atoms with E-state index in [4.69, 9.17) is 11.6 Å². The van der Waals surface area contributed by atoms with E-state index in [1.54, 1.807) is 30.3 Å². The highest BCUT2D eigenvalue weighted by atomic mass is 35.5. The molecule has 1 atom stereocenters. The highest BCUT2D eigenvalue weighted by molar-refractivity contribution is 6.30. The van der Waals surface area contributed by atoms with Crippen LogP contribution in [-0.4, -0.2) is 17.1 Å². The van der Waals surface area contributed by atoms with Gasteiger partial charge < -0.3 is 10.6 Å². The largest absolute Gasteiger partial charge is 0.416 e. The molecule has 0 bridgehead atoms. The predicted molar refractivity (Wildman–Crippen MR) is 131 cm³/mol. The Kier molecular flexibility index (Phi) is 7.92. The minimum atomic E-state index is -5.03. The van der Waals surface area contributed by atoms with Crippen molar-refractivity contribution < 1.29 is 31.1 Å². The summed E-state index contributed by atoms with van der Waals surface area (Å²) in [5.74, 6) is 0. The number of nitrogens with one attached hydrogen (secondary N) is 2. The van der Waals surface area contributed by atoms with Gasteiger partial charge >= 0.3 is 18.4 Å². The van der Waals surface area contributed by atoms with Crippen molar-refractivity contribution in [1.82, 2.24) is 15.6 Å². The fourth-order valence-corrected chi connectivity index (χ4v) is 4.95. The minimum absolute atomic E-state index is 0.0999. The summed E-state index contributed by atoms with van der Waals surface area (Å²) < 4.78 is 84.4. The number of benzene rings is 2. The molecule has 38 heavy (non-hydrogen) atoms. The summed E-state index contributed by atoms with van der Waals surface area (Å²) >= 11 is 5.99. The zero-order chi connectivity index (χ0) is 27.6. The Hall–Kier alpha value is -3.27. The van der Waals surface area contributed by atoms with Crippen molar-refractivity contribution in [2.24, 2.45) is 0 Å². The number of hydrogen-bond donors (Lipinski definition) is 2. The SMILES string of the molecule is O=C(NC1CCCC1)N[C@@](Cc1ccccc1)(c1ccc(Cl)cn1)c1cc(C(F)(F)F)ccc1C(F)(F)F. The summed E-state index contributed by atoms with van der Waals surface area (Å²) in [5, 5.41) is 5.56. The van der Waals surface area contributed by atoms with E-state index in [1.807, 2.05) is 0 Å². The van der Waals surface area contributed by atoms with Crippen LogP contribution in [0.2, 0.25) is 5.02 Å². The predicted octanol–water partition coefficient (Wildman–Crippen LogP) is 7.50. The molecule has 3 aromatic rings. The first-order valence-corrected chi connectivity index (χ1v) is 12.3. The number of carbonyl (C=O) groups excluding carboxylic acids is 1. The van der Waals surface area contributed by atoms with Gasteiger partial charge in [0.25, 0.3) is 0 Å². The van der Waals surface area contributed by atoms with Crippen LogP contribution in [0.1, 0.15) is 53.6 Å². The quantitative estimate of drug-likeness (QED) is 0.309. The molecule has 2 aromatic carbocycles. The second-order valence-corrected chi connectivity index (χ2v) is 9.70. The lowest BCUT2D eigenvalue weighted by Gasteiger charge is -2.37. The third-order valence-corrected chi connectivity index (χ3v) is 6.83. The van der Waals surface area contributed by atoms with Crippen LogP contribution < -0.4 is 10.6 Å². The number of alkyl halides is 6. The molecule has 1 heterocycles. The molecule has 2 N–H and O–H groups in total. The maximum Gasteiger partial charge on any atom is 0.416 e. The molecular formula is C27H24ClF6N3O. The number of amides is 2. The van der Waals surface area contributed by atoms with Gasteiger partial charge in [0.15, 0.2) is 0 Å². The third kappa shape index (κ3) is 6.23. The van der Waals surface area contributed by atoms with Crippen LogP contribution in [-0.2, 0) is 24.3 Å². The average Bonchev–Trinajstić information content (AvgIpc) is 3.36. The van der Waals surface area contributed by atoms with Gasteiger partial charge in [0, 0.05) is 18.7 Å². The van der Waals surface area contributed by atoms with Crippen molar-refractivity contribution in [2.75, 3.05) is 0 Å². The average molecular weight is 556 g/mol. The highest BCUT2D eigenvalue weighted by Gasteiger charge is 2.47. The fraction of sp³-hybridized carbons (Fsp3) is 0.333. The molecule has 1 saturated carbocycles. The standard InChI is InChI=1S/C27H24ClF6N3O/c28-19-11-13-23(35-16-19)25(15-17-6-2-1-3-7-17,37-24(38)36-20-8-4-5-9-20)22-14-18(26(29,30)31)10-12-21(22)27(32,33)34/h1-3,6-7,10-14,16,20H,4-5,8-9,15H2,(H2,36,37,38)/t25-/m1/s1. The molecule has 2 amide bonds. The van der Waals surface area contributed by atoms with E-state index in [9.17, 15) is 31.1 Å². The normalized spacial score (nSPS) is 16.2. The molecule has 0 saturated heterocycles. The van der Waals surface area contributed by atoms with Crippen LogP contribution in [0.3, 0.4) is 0 Å². The van der Waals surface area contributed by atoms with Gasteiger partial charge in [0.05, 0.1) is 21.8 Å². The van der Waals surface area contributed by atoms with Crippen molar-refractivity contribution in [3.8, 4) is 0 Å². The Balaban J connectivity index is 1.99.